The van der Waals surface area contributed by atoms with Gasteiger partial charge in [0.05, 0.1) is 28.6 Å². The summed E-state index contributed by atoms with van der Waals surface area (Å²) in [7, 11) is 1.95. The molecule has 0 saturated heterocycles. The number of thiophene rings is 1. The number of aryl methyl sites for hydroxylation is 1. The monoisotopic (exact) mass is 438 g/mol. The van der Waals surface area contributed by atoms with Crippen molar-refractivity contribution in [3.8, 4) is 0 Å². The highest BCUT2D eigenvalue weighted by molar-refractivity contribution is 7.20. The van der Waals surface area contributed by atoms with Crippen LogP contribution in [0.1, 0.15) is 33.5 Å². The largest absolute Gasteiger partial charge is 0.462 e. The number of ether oxygens (including phenoxy) is 1. The highest BCUT2D eigenvalue weighted by Gasteiger charge is 2.20. The van der Waals surface area contributed by atoms with Crippen molar-refractivity contribution in [1.82, 2.24) is 14.9 Å². The van der Waals surface area contributed by atoms with E-state index in [0.29, 0.717) is 56.5 Å². The van der Waals surface area contributed by atoms with Crippen molar-refractivity contribution >= 4 is 56.5 Å². The normalized spacial score (nSPS) is 11.4. The van der Waals surface area contributed by atoms with Crippen molar-refractivity contribution in [2.45, 2.75) is 26.9 Å². The number of carbonyl (C=O) groups is 1. The molecule has 0 aliphatic carbocycles. The molecule has 2 N–H and O–H groups in total. The van der Waals surface area contributed by atoms with E-state index in [1.165, 1.54) is 11.3 Å². The number of nitrogens with zero attached hydrogens (tertiary/aromatic N) is 3. The first kappa shape index (κ1) is 20.8. The van der Waals surface area contributed by atoms with Gasteiger partial charge in [-0.05, 0) is 44.2 Å². The lowest BCUT2D eigenvalue weighted by molar-refractivity contribution is 0.0531. The first-order chi connectivity index (χ1) is 13.3. The Hall–Kier alpha value is -1.93. The first-order valence-corrected chi connectivity index (χ1v) is 10.2. The predicted molar refractivity (Wildman–Crippen MR) is 114 cm³/mol. The van der Waals surface area contributed by atoms with E-state index in [9.17, 15) is 4.79 Å². The minimum Gasteiger partial charge on any atom is -0.462 e. The summed E-state index contributed by atoms with van der Waals surface area (Å²) in [5, 5.41) is 1.76. The molecule has 2 aromatic heterocycles. The van der Waals surface area contributed by atoms with Crippen LogP contribution in [-0.2, 0) is 17.8 Å². The van der Waals surface area contributed by atoms with Gasteiger partial charge in [0.1, 0.15) is 21.3 Å². The number of anilines is 1. The molecule has 0 bridgehead atoms. The molecule has 0 fully saturated rings. The lowest BCUT2D eigenvalue weighted by Crippen LogP contribution is -2.19. The van der Waals surface area contributed by atoms with Crippen LogP contribution in [0, 0.1) is 6.92 Å². The van der Waals surface area contributed by atoms with Crippen LogP contribution in [0.2, 0.25) is 10.0 Å². The molecule has 0 atom stereocenters. The summed E-state index contributed by atoms with van der Waals surface area (Å²) < 4.78 is 5.11. The third-order valence-electron chi connectivity index (χ3n) is 4.17. The standard InChI is InChI=1S/C19H20Cl2N4O2S/c1-4-27-19(26)16-10(2)15-17(22)23-14(24-18(15)28-16)9-25(3)8-11-5-6-12(20)13(21)7-11/h5-7H,4,8-9H2,1-3H3,(H2,22,23,24). The first-order valence-electron chi connectivity index (χ1n) is 8.65. The smallest absolute Gasteiger partial charge is 0.348 e. The van der Waals surface area contributed by atoms with Gasteiger partial charge in [0.15, 0.2) is 0 Å². The van der Waals surface area contributed by atoms with Crippen molar-refractivity contribution in [3.05, 3.63) is 50.1 Å². The van der Waals surface area contributed by atoms with Crippen molar-refractivity contribution in [2.75, 3.05) is 19.4 Å². The molecule has 0 saturated carbocycles. The third-order valence-corrected chi connectivity index (χ3v) is 6.08. The number of aromatic nitrogens is 2. The fourth-order valence-corrected chi connectivity index (χ4v) is 4.35. The molecule has 0 aliphatic heterocycles. The Labute approximate surface area is 177 Å². The van der Waals surface area contributed by atoms with E-state index in [0.717, 1.165) is 11.1 Å². The van der Waals surface area contributed by atoms with E-state index in [2.05, 4.69) is 9.97 Å². The number of benzene rings is 1. The summed E-state index contributed by atoms with van der Waals surface area (Å²) in [6.07, 6.45) is 0. The van der Waals surface area contributed by atoms with Gasteiger partial charge in [0, 0.05) is 6.54 Å². The fourth-order valence-electron chi connectivity index (χ4n) is 2.92. The van der Waals surface area contributed by atoms with Gasteiger partial charge in [-0.3, -0.25) is 4.90 Å². The van der Waals surface area contributed by atoms with E-state index >= 15 is 0 Å². The van der Waals surface area contributed by atoms with Crippen LogP contribution in [0.4, 0.5) is 5.82 Å². The minimum atomic E-state index is -0.360. The van der Waals surface area contributed by atoms with Gasteiger partial charge in [0.2, 0.25) is 0 Å². The van der Waals surface area contributed by atoms with Crippen LogP contribution in [0.15, 0.2) is 18.2 Å². The number of fused-ring (bicyclic) bond motifs is 1. The molecule has 0 spiro atoms. The molecular weight excluding hydrogens is 419 g/mol. The Morgan fingerprint density at radius 2 is 2.00 bits per heavy atom. The SMILES string of the molecule is CCOC(=O)c1sc2nc(CN(C)Cc3ccc(Cl)c(Cl)c3)nc(N)c2c1C. The Morgan fingerprint density at radius 3 is 2.68 bits per heavy atom. The fraction of sp³-hybridized carbons (Fsp3) is 0.316. The van der Waals surface area contributed by atoms with Gasteiger partial charge in [-0.15, -0.1) is 11.3 Å². The maximum Gasteiger partial charge on any atom is 0.348 e. The van der Waals surface area contributed by atoms with Crippen LogP contribution >= 0.6 is 34.5 Å². The van der Waals surface area contributed by atoms with Gasteiger partial charge < -0.3 is 10.5 Å². The molecule has 1 aromatic carbocycles. The van der Waals surface area contributed by atoms with Gasteiger partial charge in [-0.1, -0.05) is 29.3 Å². The number of nitrogen functional groups attached to an aromatic ring is 1. The highest BCUT2D eigenvalue weighted by atomic mass is 35.5. The van der Waals surface area contributed by atoms with Crippen molar-refractivity contribution in [2.24, 2.45) is 0 Å². The van der Waals surface area contributed by atoms with E-state index in [1.54, 1.807) is 13.0 Å². The average molecular weight is 439 g/mol. The topological polar surface area (TPSA) is 81.3 Å². The molecule has 0 aliphatic rings. The zero-order valence-electron chi connectivity index (χ0n) is 15.8. The molecule has 2 heterocycles. The second kappa shape index (κ2) is 8.61. The molecule has 0 radical (unpaired) electrons. The lowest BCUT2D eigenvalue weighted by Gasteiger charge is -2.16. The summed E-state index contributed by atoms with van der Waals surface area (Å²) in [5.74, 6) is 0.595. The summed E-state index contributed by atoms with van der Waals surface area (Å²) in [5.41, 5.74) is 7.95. The van der Waals surface area contributed by atoms with Crippen LogP contribution < -0.4 is 5.73 Å². The van der Waals surface area contributed by atoms with Crippen molar-refractivity contribution < 1.29 is 9.53 Å². The molecule has 148 valence electrons. The van der Waals surface area contributed by atoms with Crippen molar-refractivity contribution in [1.29, 1.82) is 0 Å². The Kier molecular flexibility index (Phi) is 6.40. The van der Waals surface area contributed by atoms with Gasteiger partial charge in [0.25, 0.3) is 0 Å². The van der Waals surface area contributed by atoms with Crippen LogP contribution in [-0.4, -0.2) is 34.5 Å². The molecule has 0 unspecified atom stereocenters. The average Bonchev–Trinajstić information content (AvgIpc) is 2.95. The second-order valence-electron chi connectivity index (χ2n) is 6.40. The number of halogens is 2. The van der Waals surface area contributed by atoms with E-state index in [1.807, 2.05) is 31.0 Å². The predicted octanol–water partition coefficient (Wildman–Crippen LogP) is 4.70. The molecule has 6 nitrogen and oxygen atoms in total. The van der Waals surface area contributed by atoms with E-state index in [4.69, 9.17) is 33.7 Å². The molecule has 3 rings (SSSR count). The maximum atomic E-state index is 12.1. The zero-order chi connectivity index (χ0) is 20.4. The third kappa shape index (κ3) is 4.38. The van der Waals surface area contributed by atoms with Crippen LogP contribution in [0.5, 0.6) is 0 Å². The molecular formula is C19H20Cl2N4O2S. The Balaban J connectivity index is 1.83. The molecule has 9 heteroatoms. The molecule has 0 amide bonds. The number of carbonyl (C=O) groups excluding carboxylic acids is 1. The van der Waals surface area contributed by atoms with Crippen LogP contribution in [0.25, 0.3) is 10.2 Å². The quantitative estimate of drug-likeness (QED) is 0.561. The van der Waals surface area contributed by atoms with Gasteiger partial charge in [-0.25, -0.2) is 14.8 Å². The van der Waals surface area contributed by atoms with Crippen LogP contribution in [0.3, 0.4) is 0 Å². The van der Waals surface area contributed by atoms with Gasteiger partial charge in [-0.2, -0.15) is 0 Å². The Morgan fingerprint density at radius 1 is 1.25 bits per heavy atom. The number of esters is 1. The van der Waals surface area contributed by atoms with E-state index in [-0.39, 0.29) is 5.97 Å². The lowest BCUT2D eigenvalue weighted by atomic mass is 10.2. The van der Waals surface area contributed by atoms with Crippen molar-refractivity contribution in [3.63, 3.8) is 0 Å². The summed E-state index contributed by atoms with van der Waals surface area (Å²) >= 11 is 13.3. The highest BCUT2D eigenvalue weighted by Crippen LogP contribution is 2.33. The maximum absolute atomic E-state index is 12.1. The zero-order valence-corrected chi connectivity index (χ0v) is 18.1. The van der Waals surface area contributed by atoms with E-state index < -0.39 is 0 Å². The molecule has 28 heavy (non-hydrogen) atoms. The summed E-state index contributed by atoms with van der Waals surface area (Å²) in [4.78, 5) is 24.4. The number of hydrogen-bond donors (Lipinski definition) is 1. The number of rotatable bonds is 6. The molecule has 3 aromatic rings. The number of nitrogens with two attached hydrogens (primary N) is 1. The minimum absolute atomic E-state index is 0.318. The number of hydrogen-bond acceptors (Lipinski definition) is 7. The second-order valence-corrected chi connectivity index (χ2v) is 8.22. The van der Waals surface area contributed by atoms with Gasteiger partial charge >= 0.3 is 5.97 Å². The Bertz CT molecular complexity index is 1040. The summed E-state index contributed by atoms with van der Waals surface area (Å²) in [6.45, 7) is 5.07. The summed E-state index contributed by atoms with van der Waals surface area (Å²) in [6, 6.07) is 5.55.